The standard InChI is InChI=1S/C19H21BrN2O4/c1-10-6-5-7-11(2)19(10)26-9-15(23)22-21-8-14-12(3)16(20)18(25)13(4)17(14)24/h5-8,24-25H,9H2,1-4H3,(H,22,23)/b21-8-. The molecule has 0 aromatic heterocycles. The molecule has 0 heterocycles. The van der Waals surface area contributed by atoms with Crippen molar-refractivity contribution in [1.82, 2.24) is 5.43 Å². The summed E-state index contributed by atoms with van der Waals surface area (Å²) in [5.74, 6) is 0.144. The van der Waals surface area contributed by atoms with Gasteiger partial charge in [0.15, 0.2) is 6.61 Å². The number of carbonyl (C=O) groups is 1. The van der Waals surface area contributed by atoms with Crippen LogP contribution in [0, 0.1) is 27.7 Å². The first-order valence-electron chi connectivity index (χ1n) is 7.95. The second kappa shape index (κ2) is 8.23. The smallest absolute Gasteiger partial charge is 0.277 e. The Kier molecular flexibility index (Phi) is 6.26. The van der Waals surface area contributed by atoms with Crippen LogP contribution in [-0.2, 0) is 4.79 Å². The summed E-state index contributed by atoms with van der Waals surface area (Å²) in [7, 11) is 0. The summed E-state index contributed by atoms with van der Waals surface area (Å²) >= 11 is 3.27. The molecule has 0 spiro atoms. The van der Waals surface area contributed by atoms with Crippen LogP contribution in [0.3, 0.4) is 0 Å². The van der Waals surface area contributed by atoms with Gasteiger partial charge in [0.25, 0.3) is 5.91 Å². The molecule has 0 fully saturated rings. The van der Waals surface area contributed by atoms with Gasteiger partial charge < -0.3 is 14.9 Å². The van der Waals surface area contributed by atoms with E-state index in [9.17, 15) is 15.0 Å². The van der Waals surface area contributed by atoms with Crippen molar-refractivity contribution < 1.29 is 19.7 Å². The zero-order valence-corrected chi connectivity index (χ0v) is 16.6. The predicted molar refractivity (Wildman–Crippen MR) is 104 cm³/mol. The van der Waals surface area contributed by atoms with Gasteiger partial charge in [0.2, 0.25) is 0 Å². The van der Waals surface area contributed by atoms with Crippen molar-refractivity contribution >= 4 is 28.1 Å². The summed E-state index contributed by atoms with van der Waals surface area (Å²) < 4.78 is 6.03. The van der Waals surface area contributed by atoms with Gasteiger partial charge in [0.1, 0.15) is 17.2 Å². The summed E-state index contributed by atoms with van der Waals surface area (Å²) in [4.78, 5) is 11.9. The van der Waals surface area contributed by atoms with Crippen LogP contribution in [0.4, 0.5) is 0 Å². The lowest BCUT2D eigenvalue weighted by atomic mass is 10.0. The number of halogens is 1. The minimum Gasteiger partial charge on any atom is -0.507 e. The van der Waals surface area contributed by atoms with Crippen LogP contribution in [0.15, 0.2) is 27.8 Å². The Bertz CT molecular complexity index is 829. The Morgan fingerprint density at radius 1 is 1.15 bits per heavy atom. The molecule has 1 amide bonds. The molecule has 0 saturated carbocycles. The summed E-state index contributed by atoms with van der Waals surface area (Å²) in [6.45, 7) is 6.95. The molecule has 0 unspecified atom stereocenters. The Balaban J connectivity index is 2.04. The number of nitrogens with one attached hydrogen (secondary N) is 1. The normalized spacial score (nSPS) is 11.0. The maximum atomic E-state index is 11.9. The van der Waals surface area contributed by atoms with Crippen LogP contribution in [0.5, 0.6) is 17.2 Å². The summed E-state index contributed by atoms with van der Waals surface area (Å²) in [6, 6.07) is 5.75. The molecule has 2 aromatic carbocycles. The molecule has 0 aliphatic rings. The Morgan fingerprint density at radius 2 is 1.77 bits per heavy atom. The van der Waals surface area contributed by atoms with Gasteiger partial charge in [-0.15, -0.1) is 0 Å². The highest BCUT2D eigenvalue weighted by molar-refractivity contribution is 9.10. The zero-order chi connectivity index (χ0) is 19.4. The van der Waals surface area contributed by atoms with Crippen LogP contribution in [0.1, 0.15) is 27.8 Å². The number of hydrazone groups is 1. The predicted octanol–water partition coefficient (Wildman–Crippen LogP) is 3.62. The number of ether oxygens (including phenoxy) is 1. The van der Waals surface area contributed by atoms with E-state index in [-0.39, 0.29) is 18.1 Å². The molecule has 2 rings (SSSR count). The number of hydrogen-bond donors (Lipinski definition) is 3. The van der Waals surface area contributed by atoms with Crippen molar-refractivity contribution in [3.8, 4) is 17.2 Å². The summed E-state index contributed by atoms with van der Waals surface area (Å²) in [6.07, 6.45) is 1.33. The number of phenols is 2. The van der Waals surface area contributed by atoms with Crippen molar-refractivity contribution in [2.24, 2.45) is 5.10 Å². The van der Waals surface area contributed by atoms with E-state index in [1.807, 2.05) is 32.0 Å². The van der Waals surface area contributed by atoms with Crippen molar-refractivity contribution in [2.75, 3.05) is 6.61 Å². The number of amides is 1. The molecule has 0 aliphatic heterocycles. The van der Waals surface area contributed by atoms with E-state index in [0.717, 1.165) is 11.1 Å². The molecule has 0 saturated heterocycles. The minimum absolute atomic E-state index is 0.0248. The van der Waals surface area contributed by atoms with Gasteiger partial charge in [-0.05, 0) is 60.3 Å². The number of hydrogen-bond acceptors (Lipinski definition) is 5. The van der Waals surface area contributed by atoms with E-state index < -0.39 is 5.91 Å². The highest BCUT2D eigenvalue weighted by Crippen LogP contribution is 2.39. The Hall–Kier alpha value is -2.54. The summed E-state index contributed by atoms with van der Waals surface area (Å²) in [5.41, 5.74) is 5.61. The second-order valence-corrected chi connectivity index (χ2v) is 6.77. The first-order valence-corrected chi connectivity index (χ1v) is 8.74. The average molecular weight is 421 g/mol. The van der Waals surface area contributed by atoms with Crippen LogP contribution >= 0.6 is 15.9 Å². The van der Waals surface area contributed by atoms with E-state index in [4.69, 9.17) is 4.74 Å². The Morgan fingerprint density at radius 3 is 2.38 bits per heavy atom. The van der Waals surface area contributed by atoms with Crippen molar-refractivity contribution in [3.63, 3.8) is 0 Å². The lowest BCUT2D eigenvalue weighted by Crippen LogP contribution is -2.25. The van der Waals surface area contributed by atoms with Gasteiger partial charge in [-0.2, -0.15) is 5.10 Å². The van der Waals surface area contributed by atoms with Crippen LogP contribution < -0.4 is 10.2 Å². The van der Waals surface area contributed by atoms with Gasteiger partial charge in [-0.1, -0.05) is 18.2 Å². The fourth-order valence-corrected chi connectivity index (χ4v) is 2.99. The van der Waals surface area contributed by atoms with Crippen LogP contribution in [-0.4, -0.2) is 28.9 Å². The van der Waals surface area contributed by atoms with Crippen molar-refractivity contribution in [1.29, 1.82) is 0 Å². The topological polar surface area (TPSA) is 91.2 Å². The quantitative estimate of drug-likeness (QED) is 0.508. The van der Waals surface area contributed by atoms with Crippen molar-refractivity contribution in [3.05, 3.63) is 50.5 Å². The van der Waals surface area contributed by atoms with Gasteiger partial charge in [-0.3, -0.25) is 4.79 Å². The molecule has 2 aromatic rings. The fourth-order valence-electron chi connectivity index (χ4n) is 2.48. The molecule has 3 N–H and O–H groups in total. The highest BCUT2D eigenvalue weighted by Gasteiger charge is 2.16. The average Bonchev–Trinajstić information content (AvgIpc) is 2.61. The highest BCUT2D eigenvalue weighted by atomic mass is 79.9. The number of nitrogens with zero attached hydrogens (tertiary/aromatic N) is 1. The van der Waals surface area contributed by atoms with Gasteiger partial charge >= 0.3 is 0 Å². The van der Waals surface area contributed by atoms with Crippen molar-refractivity contribution in [2.45, 2.75) is 27.7 Å². The molecular weight excluding hydrogens is 400 g/mol. The van der Waals surface area contributed by atoms with E-state index in [0.29, 0.717) is 26.9 Å². The number of aryl methyl sites for hydroxylation is 2. The van der Waals surface area contributed by atoms with Crippen LogP contribution in [0.25, 0.3) is 0 Å². The third kappa shape index (κ3) is 4.16. The molecule has 26 heavy (non-hydrogen) atoms. The molecule has 0 aliphatic carbocycles. The SMILES string of the molecule is Cc1cccc(C)c1OCC(=O)N/N=C\c1c(C)c(Br)c(O)c(C)c1O. The van der Waals surface area contributed by atoms with E-state index in [2.05, 4.69) is 26.5 Å². The molecule has 0 bridgehead atoms. The number of aromatic hydroxyl groups is 2. The minimum atomic E-state index is -0.421. The lowest BCUT2D eigenvalue weighted by Gasteiger charge is -2.12. The molecule has 0 radical (unpaired) electrons. The largest absolute Gasteiger partial charge is 0.507 e. The molecule has 138 valence electrons. The molecule has 0 atom stereocenters. The number of para-hydroxylation sites is 1. The number of carbonyl (C=O) groups excluding carboxylic acids is 1. The lowest BCUT2D eigenvalue weighted by molar-refractivity contribution is -0.123. The fraction of sp³-hybridized carbons (Fsp3) is 0.263. The maximum absolute atomic E-state index is 11.9. The number of phenolic OH excluding ortho intramolecular Hbond substituents is 2. The van der Waals surface area contributed by atoms with Crippen LogP contribution in [0.2, 0.25) is 0 Å². The monoisotopic (exact) mass is 420 g/mol. The Labute approximate surface area is 160 Å². The number of rotatable bonds is 5. The number of benzene rings is 2. The first-order chi connectivity index (χ1) is 12.2. The van der Waals surface area contributed by atoms with Gasteiger partial charge in [-0.25, -0.2) is 5.43 Å². The third-order valence-corrected chi connectivity index (χ3v) is 5.02. The van der Waals surface area contributed by atoms with Gasteiger partial charge in [0.05, 0.1) is 10.7 Å². The molecular formula is C19H21BrN2O4. The van der Waals surface area contributed by atoms with E-state index in [1.54, 1.807) is 13.8 Å². The van der Waals surface area contributed by atoms with E-state index in [1.165, 1.54) is 6.21 Å². The second-order valence-electron chi connectivity index (χ2n) is 5.98. The molecule has 7 heteroatoms. The van der Waals surface area contributed by atoms with E-state index >= 15 is 0 Å². The zero-order valence-electron chi connectivity index (χ0n) is 15.1. The maximum Gasteiger partial charge on any atom is 0.277 e. The molecule has 6 nitrogen and oxygen atoms in total. The van der Waals surface area contributed by atoms with Gasteiger partial charge in [0, 0.05) is 11.1 Å². The summed E-state index contributed by atoms with van der Waals surface area (Å²) in [5, 5.41) is 23.9. The third-order valence-electron chi connectivity index (χ3n) is 4.05. The first kappa shape index (κ1) is 19.8.